The summed E-state index contributed by atoms with van der Waals surface area (Å²) in [4.78, 5) is 21.1. The van der Waals surface area contributed by atoms with Crippen LogP contribution in [-0.4, -0.2) is 85.6 Å². The van der Waals surface area contributed by atoms with Crippen molar-refractivity contribution in [1.82, 2.24) is 14.4 Å². The van der Waals surface area contributed by atoms with Gasteiger partial charge in [-0.15, -0.1) is 0 Å². The van der Waals surface area contributed by atoms with Crippen molar-refractivity contribution in [1.29, 1.82) is 0 Å². The monoisotopic (exact) mass is 466 g/mol. The van der Waals surface area contributed by atoms with Crippen LogP contribution in [0.25, 0.3) is 10.9 Å². The second-order valence-corrected chi connectivity index (χ2v) is 10.5. The minimum Gasteiger partial charge on any atom is -0.381 e. The van der Waals surface area contributed by atoms with Crippen molar-refractivity contribution in [3.05, 3.63) is 29.5 Å². The van der Waals surface area contributed by atoms with Crippen molar-refractivity contribution in [3.8, 4) is 0 Å². The second-order valence-electron chi connectivity index (χ2n) is 10.5. The van der Waals surface area contributed by atoms with Gasteiger partial charge in [0.05, 0.1) is 18.7 Å². The molecule has 34 heavy (non-hydrogen) atoms. The van der Waals surface area contributed by atoms with Crippen LogP contribution in [0.15, 0.2) is 18.2 Å². The Morgan fingerprint density at radius 2 is 1.65 bits per heavy atom. The van der Waals surface area contributed by atoms with E-state index in [4.69, 9.17) is 9.47 Å². The minimum atomic E-state index is 0.124. The lowest BCUT2D eigenvalue weighted by atomic mass is 9.96. The lowest BCUT2D eigenvalue weighted by Gasteiger charge is -2.37. The van der Waals surface area contributed by atoms with E-state index in [2.05, 4.69) is 39.5 Å². The van der Waals surface area contributed by atoms with Gasteiger partial charge in [0, 0.05) is 81.7 Å². The normalized spacial score (nSPS) is 23.4. The van der Waals surface area contributed by atoms with Crippen molar-refractivity contribution < 1.29 is 14.3 Å². The molecule has 4 aliphatic rings. The van der Waals surface area contributed by atoms with Crippen LogP contribution in [0.4, 0.5) is 10.5 Å². The molecule has 5 heterocycles. The number of hydrogen-bond donors (Lipinski definition) is 0. The molecule has 0 aliphatic carbocycles. The highest BCUT2D eigenvalue weighted by Crippen LogP contribution is 2.39. The molecule has 0 saturated carbocycles. The molecule has 4 aliphatic heterocycles. The zero-order chi connectivity index (χ0) is 23.1. The number of carbonyl (C=O) groups is 1. The number of anilines is 1. The molecule has 1 amide bonds. The molecule has 0 N–H and O–H groups in total. The van der Waals surface area contributed by atoms with Gasteiger partial charge in [0.25, 0.3) is 0 Å². The maximum Gasteiger partial charge on any atom is 0.329 e. The first-order valence-corrected chi connectivity index (χ1v) is 13.3. The zero-order valence-electron chi connectivity index (χ0n) is 20.5. The lowest BCUT2D eigenvalue weighted by Crippen LogP contribution is -2.45. The van der Waals surface area contributed by atoms with E-state index in [0.717, 1.165) is 70.1 Å². The Morgan fingerprint density at radius 3 is 2.41 bits per heavy atom. The maximum absolute atomic E-state index is 13.9. The number of ether oxygens (including phenoxy) is 2. The number of benzene rings is 1. The van der Waals surface area contributed by atoms with Gasteiger partial charge < -0.3 is 19.3 Å². The topological polar surface area (TPSA) is 50.2 Å². The summed E-state index contributed by atoms with van der Waals surface area (Å²) in [6.07, 6.45) is 5.61. The van der Waals surface area contributed by atoms with Gasteiger partial charge in [-0.25, -0.2) is 4.79 Å². The maximum atomic E-state index is 13.9. The van der Waals surface area contributed by atoms with E-state index in [-0.39, 0.29) is 6.03 Å². The number of amides is 1. The van der Waals surface area contributed by atoms with Crippen LogP contribution in [-0.2, 0) is 22.4 Å². The highest BCUT2D eigenvalue weighted by molar-refractivity contribution is 6.02. The summed E-state index contributed by atoms with van der Waals surface area (Å²) in [6, 6.07) is 7.31. The van der Waals surface area contributed by atoms with E-state index in [1.807, 2.05) is 4.90 Å². The highest BCUT2D eigenvalue weighted by atomic mass is 16.5. The van der Waals surface area contributed by atoms with Crippen LogP contribution in [0.2, 0.25) is 0 Å². The third-order valence-electron chi connectivity index (χ3n) is 8.48. The Bertz CT molecular complexity index is 1030. The summed E-state index contributed by atoms with van der Waals surface area (Å²) in [6.45, 7) is 10.8. The average molecular weight is 467 g/mol. The first-order valence-electron chi connectivity index (χ1n) is 13.3. The average Bonchev–Trinajstić information content (AvgIpc) is 3.23. The van der Waals surface area contributed by atoms with Crippen molar-refractivity contribution >= 4 is 22.6 Å². The first-order chi connectivity index (χ1) is 16.7. The number of fused-ring (bicyclic) bond motifs is 3. The number of rotatable bonds is 2. The highest BCUT2D eigenvalue weighted by Gasteiger charge is 2.34. The standard InChI is InChI=1S/C27H38N4O3/c1-20-5-10-28(11-6-20)24-3-2-4-25-26(24)22-19-30(21-8-15-33-16-9-21)12-7-23(22)31(25)27(32)29-13-17-34-18-14-29/h2-4,20-21H,5-19H2,1H3. The number of aromatic nitrogens is 1. The molecule has 7 heteroatoms. The molecule has 7 nitrogen and oxygen atoms in total. The Kier molecular flexibility index (Phi) is 6.26. The summed E-state index contributed by atoms with van der Waals surface area (Å²) in [5, 5.41) is 1.31. The molecule has 0 atom stereocenters. The zero-order valence-corrected chi connectivity index (χ0v) is 20.5. The molecule has 1 aromatic heterocycles. The Balaban J connectivity index is 1.44. The minimum absolute atomic E-state index is 0.124. The van der Waals surface area contributed by atoms with E-state index in [0.29, 0.717) is 32.3 Å². The largest absolute Gasteiger partial charge is 0.381 e. The van der Waals surface area contributed by atoms with Gasteiger partial charge in [-0.2, -0.15) is 0 Å². The summed E-state index contributed by atoms with van der Waals surface area (Å²) in [5.74, 6) is 0.792. The first kappa shape index (κ1) is 22.4. The Morgan fingerprint density at radius 1 is 0.912 bits per heavy atom. The molecule has 2 aromatic rings. The van der Waals surface area contributed by atoms with Crippen molar-refractivity contribution in [2.45, 2.75) is 51.6 Å². The number of carbonyl (C=O) groups excluding carboxylic acids is 1. The molecule has 3 saturated heterocycles. The van der Waals surface area contributed by atoms with Crippen molar-refractivity contribution in [2.24, 2.45) is 5.92 Å². The molecule has 6 rings (SSSR count). The van der Waals surface area contributed by atoms with Gasteiger partial charge in [-0.1, -0.05) is 13.0 Å². The summed E-state index contributed by atoms with van der Waals surface area (Å²) < 4.78 is 13.2. The van der Waals surface area contributed by atoms with Crippen LogP contribution < -0.4 is 4.90 Å². The summed E-state index contributed by atoms with van der Waals surface area (Å²) in [5.41, 5.74) is 5.02. The fraction of sp³-hybridized carbons (Fsp3) is 0.667. The van der Waals surface area contributed by atoms with Crippen LogP contribution >= 0.6 is 0 Å². The Hall–Kier alpha value is -2.09. The van der Waals surface area contributed by atoms with Gasteiger partial charge in [-0.05, 0) is 49.3 Å². The lowest BCUT2D eigenvalue weighted by molar-refractivity contribution is 0.0288. The van der Waals surface area contributed by atoms with Gasteiger partial charge in [0.15, 0.2) is 0 Å². The van der Waals surface area contributed by atoms with Gasteiger partial charge >= 0.3 is 6.03 Å². The predicted molar refractivity (Wildman–Crippen MR) is 134 cm³/mol. The summed E-state index contributed by atoms with van der Waals surface area (Å²) >= 11 is 0. The third kappa shape index (κ3) is 4.01. The molecule has 184 valence electrons. The van der Waals surface area contributed by atoms with Gasteiger partial charge in [0.2, 0.25) is 0 Å². The van der Waals surface area contributed by atoms with Crippen LogP contribution in [0.3, 0.4) is 0 Å². The van der Waals surface area contributed by atoms with Gasteiger partial charge in [-0.3, -0.25) is 9.47 Å². The van der Waals surface area contributed by atoms with Crippen LogP contribution in [0, 0.1) is 5.92 Å². The SMILES string of the molecule is CC1CCN(c2cccc3c2c2c(n3C(=O)N3CCOCC3)CCN(C3CCOCC3)C2)CC1. The molecule has 0 radical (unpaired) electrons. The number of piperidine rings is 1. The van der Waals surface area contributed by atoms with E-state index < -0.39 is 0 Å². The molecular weight excluding hydrogens is 428 g/mol. The van der Waals surface area contributed by atoms with Crippen LogP contribution in [0.1, 0.15) is 43.9 Å². The van der Waals surface area contributed by atoms with E-state index >= 15 is 0 Å². The predicted octanol–water partition coefficient (Wildman–Crippen LogP) is 3.72. The molecule has 3 fully saturated rings. The summed E-state index contributed by atoms with van der Waals surface area (Å²) in [7, 11) is 0. The van der Waals surface area contributed by atoms with E-state index in [1.165, 1.54) is 35.2 Å². The van der Waals surface area contributed by atoms with E-state index in [9.17, 15) is 4.79 Å². The third-order valence-corrected chi connectivity index (χ3v) is 8.48. The van der Waals surface area contributed by atoms with E-state index in [1.54, 1.807) is 0 Å². The molecule has 0 bridgehead atoms. The number of morpholine rings is 1. The van der Waals surface area contributed by atoms with Crippen molar-refractivity contribution in [2.75, 3.05) is 64.1 Å². The quantitative estimate of drug-likeness (QED) is 0.675. The Labute approximate surface area is 202 Å². The smallest absolute Gasteiger partial charge is 0.329 e. The molecule has 0 unspecified atom stereocenters. The van der Waals surface area contributed by atoms with Gasteiger partial charge in [0.1, 0.15) is 0 Å². The number of hydrogen-bond acceptors (Lipinski definition) is 5. The van der Waals surface area contributed by atoms with Crippen LogP contribution in [0.5, 0.6) is 0 Å². The molecule has 1 aromatic carbocycles. The fourth-order valence-electron chi connectivity index (χ4n) is 6.40. The molecular formula is C27H38N4O3. The fourth-order valence-corrected chi connectivity index (χ4v) is 6.40. The second kappa shape index (κ2) is 9.51. The van der Waals surface area contributed by atoms with Crippen molar-refractivity contribution in [3.63, 3.8) is 0 Å². The molecule has 0 spiro atoms. The number of nitrogens with zero attached hydrogens (tertiary/aromatic N) is 4.